The number of aromatic nitrogens is 11. The van der Waals surface area contributed by atoms with Crippen LogP contribution in [-0.4, -0.2) is 171 Å². The number of para-hydroxylation sites is 1. The van der Waals surface area contributed by atoms with Gasteiger partial charge in [-0.2, -0.15) is 5.10 Å². The van der Waals surface area contributed by atoms with Gasteiger partial charge in [-0.15, -0.1) is 10.2 Å². The number of anilines is 1. The molecule has 474 valence electrons. The minimum Gasteiger partial charge on any atom is -0.496 e. The highest BCUT2D eigenvalue weighted by Crippen LogP contribution is 2.47. The number of methoxy groups -OCH3 is 2. The van der Waals surface area contributed by atoms with E-state index in [9.17, 15) is 23.6 Å². The van der Waals surface area contributed by atoms with Gasteiger partial charge in [0.25, 0.3) is 11.8 Å². The predicted molar refractivity (Wildman–Crippen MR) is 341 cm³/mol. The molecule has 1 fully saturated rings. The fraction of sp³-hybridized carbons (Fsp3) is 0.294. The molecule has 0 aliphatic carbocycles. The summed E-state index contributed by atoms with van der Waals surface area (Å²) in [5.41, 5.74) is 7.50. The molecule has 0 saturated carbocycles. The van der Waals surface area contributed by atoms with Crippen LogP contribution in [0.25, 0.3) is 66.3 Å². The van der Waals surface area contributed by atoms with Gasteiger partial charge in [0.1, 0.15) is 34.5 Å². The van der Waals surface area contributed by atoms with Crippen molar-refractivity contribution in [2.75, 3.05) is 78.0 Å². The fourth-order valence-corrected chi connectivity index (χ4v) is 13.3. The lowest BCUT2D eigenvalue weighted by Gasteiger charge is -2.28. The fourth-order valence-electron chi connectivity index (χ4n) is 13.3. The van der Waals surface area contributed by atoms with Crippen molar-refractivity contribution >= 4 is 62.4 Å². The van der Waals surface area contributed by atoms with Gasteiger partial charge in [-0.3, -0.25) is 33.6 Å². The summed E-state index contributed by atoms with van der Waals surface area (Å²) in [5, 5.41) is 23.8. The molecule has 25 heteroatoms. The van der Waals surface area contributed by atoms with Gasteiger partial charge < -0.3 is 43.9 Å². The molecule has 4 aromatic carbocycles. The molecule has 6 aromatic heterocycles. The molecule has 3 N–H and O–H groups in total. The number of rotatable bonds is 16. The normalized spacial score (nSPS) is 15.3. The number of fused-ring (bicyclic) bond motifs is 3. The summed E-state index contributed by atoms with van der Waals surface area (Å²) in [4.78, 5) is 76.4. The van der Waals surface area contributed by atoms with E-state index in [1.54, 1.807) is 104 Å². The standard InChI is InChI=1S/C68H65F3N16O6/c1-92-58-13-11-41(31-52(58)51-33-49(43-8-5-21-84(39-43)61(89)17-26-87-28-19-74-80-87)63(71)65-54(51)35-56(76-65)67(90)82-23-6-22-81(29-30-82)59-14-12-45(69)37-72-59)46-9-3-10-47(66(46)93-2)50-32-48(42-7-4-20-83(38-42)60(88)16-25-86-27-18-73-79-86)62(70)64-53(50)34-57(77-64)68(91)85-24-15-55-44(40-85)36-75-78-55/h3,7-14,18-19,27-28,31-37,76-77H,4-6,15-17,20-26,29-30,38-40H2,1-2H3,(H,75,78). The number of carbonyl (C=O) groups is 4. The summed E-state index contributed by atoms with van der Waals surface area (Å²) in [6, 6.07) is 21.2. The third-order valence-electron chi connectivity index (χ3n) is 18.1. The van der Waals surface area contributed by atoms with Crippen molar-refractivity contribution in [3.63, 3.8) is 0 Å². The van der Waals surface area contributed by atoms with Gasteiger partial charge in [0.15, 0.2) is 11.6 Å². The van der Waals surface area contributed by atoms with Crippen LogP contribution < -0.4 is 14.4 Å². The van der Waals surface area contributed by atoms with E-state index >= 15 is 8.78 Å². The molecule has 1 saturated heterocycles. The predicted octanol–water partition coefficient (Wildman–Crippen LogP) is 9.35. The Bertz CT molecular complexity index is 4570. The number of ether oxygens (including phenoxy) is 2. The number of amides is 4. The Morgan fingerprint density at radius 3 is 1.83 bits per heavy atom. The highest BCUT2D eigenvalue weighted by Gasteiger charge is 2.32. The largest absolute Gasteiger partial charge is 0.496 e. The summed E-state index contributed by atoms with van der Waals surface area (Å²) in [6.07, 6.45) is 15.8. The molecule has 0 atom stereocenters. The molecule has 22 nitrogen and oxygen atoms in total. The van der Waals surface area contributed by atoms with Crippen molar-refractivity contribution in [2.45, 2.75) is 58.2 Å². The second-order valence-corrected chi connectivity index (χ2v) is 23.6. The molecule has 4 aliphatic rings. The van der Waals surface area contributed by atoms with Gasteiger partial charge in [-0.25, -0.2) is 18.2 Å². The van der Waals surface area contributed by atoms with Gasteiger partial charge in [0, 0.05) is 147 Å². The van der Waals surface area contributed by atoms with Crippen LogP contribution in [0.15, 0.2) is 122 Å². The van der Waals surface area contributed by atoms with Crippen molar-refractivity contribution < 1.29 is 41.8 Å². The molecule has 0 bridgehead atoms. The molecule has 93 heavy (non-hydrogen) atoms. The van der Waals surface area contributed by atoms with Crippen molar-refractivity contribution in [1.29, 1.82) is 0 Å². The van der Waals surface area contributed by atoms with Crippen LogP contribution in [0.1, 0.15) is 75.5 Å². The smallest absolute Gasteiger partial charge is 0.270 e. The van der Waals surface area contributed by atoms with Crippen LogP contribution in [0.3, 0.4) is 0 Å². The number of pyridine rings is 1. The van der Waals surface area contributed by atoms with E-state index < -0.39 is 17.5 Å². The van der Waals surface area contributed by atoms with Crippen LogP contribution in [0.5, 0.6) is 11.5 Å². The number of carbonyl (C=O) groups excluding carboxylic acids is 4. The van der Waals surface area contributed by atoms with Crippen molar-refractivity contribution in [3.8, 4) is 44.9 Å². The molecule has 0 spiro atoms. The van der Waals surface area contributed by atoms with Crippen LogP contribution in [0.4, 0.5) is 19.0 Å². The van der Waals surface area contributed by atoms with Crippen molar-refractivity contribution in [3.05, 3.63) is 173 Å². The van der Waals surface area contributed by atoms with Crippen LogP contribution in [0, 0.1) is 17.5 Å². The number of aromatic amines is 3. The molecular formula is C68H65F3N16O6. The first kappa shape index (κ1) is 59.8. The summed E-state index contributed by atoms with van der Waals surface area (Å²) >= 11 is 0. The minimum atomic E-state index is -0.598. The van der Waals surface area contributed by atoms with Gasteiger partial charge in [-0.1, -0.05) is 46.8 Å². The van der Waals surface area contributed by atoms with Crippen LogP contribution >= 0.6 is 0 Å². The van der Waals surface area contributed by atoms with E-state index in [1.807, 2.05) is 53.5 Å². The summed E-state index contributed by atoms with van der Waals surface area (Å²) < 4.78 is 65.2. The highest BCUT2D eigenvalue weighted by molar-refractivity contribution is 6.08. The SMILES string of the molecule is COc1ccc(-c2cccc(-c3cc(C4=CCCN(C(=O)CCn5ccnn5)C4)c(F)c4[nH]c(C(=O)N5CCc6n[nH]cc6C5)cc34)c2OC)cc1-c1cc(C2=CCCN(C(=O)CCn3ccnn3)C2)c(F)c2[nH]c(C(=O)N3CCCN(c4ccc(F)cn4)CC3)cc12. The Morgan fingerprint density at radius 1 is 0.591 bits per heavy atom. The van der Waals surface area contributed by atoms with E-state index in [2.05, 4.69) is 45.8 Å². The first-order valence-electron chi connectivity index (χ1n) is 31.0. The molecule has 14 rings (SSSR count). The number of benzene rings is 4. The molecule has 0 radical (unpaired) electrons. The zero-order valence-corrected chi connectivity index (χ0v) is 51.2. The van der Waals surface area contributed by atoms with Crippen molar-refractivity contribution in [2.24, 2.45) is 0 Å². The van der Waals surface area contributed by atoms with Gasteiger partial charge in [-0.05, 0) is 95.6 Å². The summed E-state index contributed by atoms with van der Waals surface area (Å²) in [7, 11) is 3.11. The van der Waals surface area contributed by atoms with Gasteiger partial charge in [0.2, 0.25) is 11.8 Å². The van der Waals surface area contributed by atoms with Crippen molar-refractivity contribution in [1.82, 2.24) is 74.7 Å². The third kappa shape index (κ3) is 11.7. The zero-order chi connectivity index (χ0) is 63.9. The third-order valence-corrected chi connectivity index (χ3v) is 18.1. The number of H-pyrrole nitrogens is 3. The number of nitrogens with zero attached hydrogens (tertiary/aromatic N) is 13. The Labute approximate surface area is 531 Å². The lowest BCUT2D eigenvalue weighted by Crippen LogP contribution is -2.36. The Hall–Kier alpha value is -10.9. The first-order chi connectivity index (χ1) is 45.4. The second kappa shape index (κ2) is 25.4. The average Bonchev–Trinajstić information content (AvgIpc) is 1.70. The number of aryl methyl sites for hydroxylation is 2. The van der Waals surface area contributed by atoms with E-state index in [1.165, 1.54) is 12.3 Å². The Morgan fingerprint density at radius 2 is 1.23 bits per heavy atom. The van der Waals surface area contributed by atoms with E-state index in [0.717, 1.165) is 11.3 Å². The quantitative estimate of drug-likeness (QED) is 0.0819. The van der Waals surface area contributed by atoms with E-state index in [4.69, 9.17) is 9.47 Å². The number of halogens is 3. The average molecular weight is 1260 g/mol. The first-order valence-corrected chi connectivity index (χ1v) is 31.0. The summed E-state index contributed by atoms with van der Waals surface area (Å²) in [6.45, 7) is 4.27. The number of hydrogen-bond acceptors (Lipinski definition) is 13. The van der Waals surface area contributed by atoms with Crippen LogP contribution in [-0.2, 0) is 35.6 Å². The van der Waals surface area contributed by atoms with E-state index in [0.29, 0.717) is 164 Å². The number of nitrogens with one attached hydrogen (secondary N) is 3. The number of hydrogen-bond donors (Lipinski definition) is 3. The maximum absolute atomic E-state index is 17.8. The maximum atomic E-state index is 17.8. The Balaban J connectivity index is 0.859. The zero-order valence-electron chi connectivity index (χ0n) is 51.2. The molecular weight excluding hydrogens is 1190 g/mol. The maximum Gasteiger partial charge on any atom is 0.270 e. The second-order valence-electron chi connectivity index (χ2n) is 23.6. The van der Waals surface area contributed by atoms with Gasteiger partial charge >= 0.3 is 0 Å². The topological polar surface area (TPSA) is 238 Å². The monoisotopic (exact) mass is 1260 g/mol. The summed E-state index contributed by atoms with van der Waals surface area (Å²) in [5.74, 6) is -1.06. The minimum absolute atomic E-state index is 0.0831. The van der Waals surface area contributed by atoms with E-state index in [-0.39, 0.29) is 83.1 Å². The molecule has 4 aliphatic heterocycles. The highest BCUT2D eigenvalue weighted by atomic mass is 19.1. The molecule has 10 heterocycles. The molecule has 4 amide bonds. The van der Waals surface area contributed by atoms with Crippen LogP contribution in [0.2, 0.25) is 0 Å². The molecule has 0 unspecified atom stereocenters. The Kier molecular flexibility index (Phi) is 16.3. The lowest BCUT2D eigenvalue weighted by molar-refractivity contribution is -0.131. The molecule has 10 aromatic rings. The lowest BCUT2D eigenvalue weighted by atomic mass is 9.89. The van der Waals surface area contributed by atoms with Gasteiger partial charge in [0.05, 0.1) is 62.6 Å².